The number of likely N-dealkylation sites (N-methyl/N-ethyl adjacent to an activating group) is 2. The number of rotatable bonds is 10. The number of carbonyl (C=O) groups is 1. The number of benzene rings is 3. The zero-order valence-corrected chi connectivity index (χ0v) is 21.9. The molecule has 4 rings (SSSR count). The molecule has 1 amide bonds. The molecule has 190 valence electrons. The summed E-state index contributed by atoms with van der Waals surface area (Å²) in [5.41, 5.74) is 4.13. The quantitative estimate of drug-likeness (QED) is 0.227. The van der Waals surface area contributed by atoms with E-state index in [0.717, 1.165) is 41.1 Å². The molecule has 0 aliphatic heterocycles. The average molecular weight is 516 g/mol. The number of nitrogens with one attached hydrogen (secondary N) is 3. The van der Waals surface area contributed by atoms with Crippen molar-refractivity contribution in [1.29, 1.82) is 0 Å². The Hall–Kier alpha value is -4.14. The van der Waals surface area contributed by atoms with Gasteiger partial charge in [-0.3, -0.25) is 4.79 Å². The van der Waals surface area contributed by atoms with E-state index in [4.69, 9.17) is 16.6 Å². The first-order valence-corrected chi connectivity index (χ1v) is 12.2. The van der Waals surface area contributed by atoms with Gasteiger partial charge in [-0.15, -0.1) is 0 Å². The zero-order valence-electron chi connectivity index (χ0n) is 21.1. The minimum atomic E-state index is -0.280. The van der Waals surface area contributed by atoms with Crippen LogP contribution in [0.15, 0.2) is 79.4 Å². The van der Waals surface area contributed by atoms with Crippen LogP contribution in [0.4, 0.5) is 34.5 Å². The van der Waals surface area contributed by atoms with Crippen molar-refractivity contribution < 1.29 is 4.79 Å². The van der Waals surface area contributed by atoms with Gasteiger partial charge in [0.2, 0.25) is 11.9 Å². The van der Waals surface area contributed by atoms with Gasteiger partial charge in [-0.05, 0) is 80.8 Å². The van der Waals surface area contributed by atoms with E-state index in [2.05, 4.69) is 70.6 Å². The number of hydrogen-bond acceptors (Lipinski definition) is 7. The Labute approximate surface area is 222 Å². The van der Waals surface area contributed by atoms with Crippen LogP contribution in [-0.2, 0) is 4.79 Å². The Bertz CT molecular complexity index is 1410. The second kappa shape index (κ2) is 11.7. The predicted octanol–water partition coefficient (Wildman–Crippen LogP) is 5.89. The van der Waals surface area contributed by atoms with E-state index in [0.29, 0.717) is 22.5 Å². The van der Waals surface area contributed by atoms with Gasteiger partial charge in [0.1, 0.15) is 5.82 Å². The summed E-state index contributed by atoms with van der Waals surface area (Å²) < 4.78 is 0. The molecule has 0 aliphatic rings. The van der Waals surface area contributed by atoms with Crippen molar-refractivity contribution in [3.8, 4) is 0 Å². The van der Waals surface area contributed by atoms with Gasteiger partial charge in [-0.25, -0.2) is 4.98 Å². The lowest BCUT2D eigenvalue weighted by Crippen LogP contribution is -2.28. The summed E-state index contributed by atoms with van der Waals surface area (Å²) in [6.07, 6.45) is 1.23. The lowest BCUT2D eigenvalue weighted by atomic mass is 10.2. The minimum absolute atomic E-state index is 0.280. The maximum Gasteiger partial charge on any atom is 0.247 e. The van der Waals surface area contributed by atoms with E-state index in [-0.39, 0.29) is 5.91 Å². The fourth-order valence-corrected chi connectivity index (χ4v) is 3.84. The van der Waals surface area contributed by atoms with Crippen molar-refractivity contribution in [1.82, 2.24) is 14.9 Å². The Morgan fingerprint density at radius 3 is 2.41 bits per heavy atom. The van der Waals surface area contributed by atoms with E-state index >= 15 is 0 Å². The van der Waals surface area contributed by atoms with E-state index in [1.54, 1.807) is 12.1 Å². The standard InChI is InChI=1S/C28H30ClN7O/c1-5-26(37)30-21-7-6-8-22(18-21)31-27-24-17-19(29)9-14-25(24)33-28(34-27)32-20-10-12-23(13-11-20)36(4)16-15-35(2)3/h5-14,17-18H,1,15-16H2,2-4H3,(H,30,37)(H2,31,32,33,34). The molecular weight excluding hydrogens is 486 g/mol. The smallest absolute Gasteiger partial charge is 0.247 e. The number of fused-ring (bicyclic) bond motifs is 1. The first-order chi connectivity index (χ1) is 17.8. The predicted molar refractivity (Wildman–Crippen MR) is 155 cm³/mol. The molecule has 0 radical (unpaired) electrons. The molecule has 0 saturated carbocycles. The van der Waals surface area contributed by atoms with Crippen LogP contribution in [0.3, 0.4) is 0 Å². The van der Waals surface area contributed by atoms with Gasteiger partial charge >= 0.3 is 0 Å². The second-order valence-corrected chi connectivity index (χ2v) is 9.29. The van der Waals surface area contributed by atoms with Gasteiger partial charge in [0.05, 0.1) is 5.52 Å². The number of nitrogens with zero attached hydrogens (tertiary/aromatic N) is 4. The van der Waals surface area contributed by atoms with Gasteiger partial charge in [-0.2, -0.15) is 4.98 Å². The molecule has 3 N–H and O–H groups in total. The third-order valence-electron chi connectivity index (χ3n) is 5.68. The van der Waals surface area contributed by atoms with Crippen LogP contribution in [0.1, 0.15) is 0 Å². The molecule has 9 heteroatoms. The van der Waals surface area contributed by atoms with E-state index in [1.165, 1.54) is 6.08 Å². The molecule has 0 spiro atoms. The van der Waals surface area contributed by atoms with Gasteiger partial charge in [0.25, 0.3) is 0 Å². The Balaban J connectivity index is 1.59. The number of hydrogen-bond donors (Lipinski definition) is 3. The molecular formula is C28H30ClN7O. The molecule has 1 aromatic heterocycles. The number of halogens is 1. The van der Waals surface area contributed by atoms with Crippen LogP contribution >= 0.6 is 11.6 Å². The molecule has 0 atom stereocenters. The Morgan fingerprint density at radius 1 is 0.919 bits per heavy atom. The third-order valence-corrected chi connectivity index (χ3v) is 5.92. The van der Waals surface area contributed by atoms with Crippen molar-refractivity contribution >= 4 is 62.9 Å². The summed E-state index contributed by atoms with van der Waals surface area (Å²) in [5, 5.41) is 10.8. The van der Waals surface area contributed by atoms with Gasteiger partial charge < -0.3 is 25.8 Å². The van der Waals surface area contributed by atoms with Gasteiger partial charge in [0, 0.05) is 53.3 Å². The van der Waals surface area contributed by atoms with Crippen molar-refractivity contribution in [2.24, 2.45) is 0 Å². The van der Waals surface area contributed by atoms with E-state index in [1.807, 2.05) is 42.5 Å². The summed E-state index contributed by atoms with van der Waals surface area (Å²) in [7, 11) is 6.22. The maximum absolute atomic E-state index is 11.7. The SMILES string of the molecule is C=CC(=O)Nc1cccc(Nc2nc(Nc3ccc(N(C)CCN(C)C)cc3)nc3ccc(Cl)cc23)c1. The molecule has 0 bridgehead atoms. The van der Waals surface area contributed by atoms with E-state index < -0.39 is 0 Å². The lowest BCUT2D eigenvalue weighted by Gasteiger charge is -2.21. The molecule has 0 aliphatic carbocycles. The monoisotopic (exact) mass is 515 g/mol. The first-order valence-electron chi connectivity index (χ1n) is 11.8. The number of amides is 1. The number of carbonyl (C=O) groups excluding carboxylic acids is 1. The molecule has 37 heavy (non-hydrogen) atoms. The highest BCUT2D eigenvalue weighted by atomic mass is 35.5. The van der Waals surface area contributed by atoms with Crippen LogP contribution in [0.5, 0.6) is 0 Å². The molecule has 3 aromatic carbocycles. The fourth-order valence-electron chi connectivity index (χ4n) is 3.66. The normalized spacial score (nSPS) is 10.8. The molecule has 4 aromatic rings. The second-order valence-electron chi connectivity index (χ2n) is 8.85. The lowest BCUT2D eigenvalue weighted by molar-refractivity contribution is -0.111. The molecule has 1 heterocycles. The summed E-state index contributed by atoms with van der Waals surface area (Å²) >= 11 is 6.28. The van der Waals surface area contributed by atoms with Crippen LogP contribution in [-0.4, -0.2) is 55.0 Å². The van der Waals surface area contributed by atoms with Crippen LogP contribution < -0.4 is 20.9 Å². The summed E-state index contributed by atoms with van der Waals surface area (Å²) in [5.74, 6) is 0.752. The molecule has 0 fully saturated rings. The molecule has 8 nitrogen and oxygen atoms in total. The molecule has 0 unspecified atom stereocenters. The topological polar surface area (TPSA) is 85.4 Å². The van der Waals surface area contributed by atoms with Crippen LogP contribution in [0.25, 0.3) is 10.9 Å². The van der Waals surface area contributed by atoms with Crippen molar-refractivity contribution in [3.63, 3.8) is 0 Å². The highest BCUT2D eigenvalue weighted by Crippen LogP contribution is 2.30. The highest BCUT2D eigenvalue weighted by Gasteiger charge is 2.11. The van der Waals surface area contributed by atoms with Crippen molar-refractivity contribution in [2.75, 3.05) is 55.1 Å². The van der Waals surface area contributed by atoms with Gasteiger partial charge in [-0.1, -0.05) is 24.2 Å². The Morgan fingerprint density at radius 2 is 1.68 bits per heavy atom. The number of anilines is 6. The minimum Gasteiger partial charge on any atom is -0.373 e. The summed E-state index contributed by atoms with van der Waals surface area (Å²) in [6, 6.07) is 21.0. The first kappa shape index (κ1) is 25.9. The zero-order chi connectivity index (χ0) is 26.4. The van der Waals surface area contributed by atoms with Crippen molar-refractivity contribution in [2.45, 2.75) is 0 Å². The third kappa shape index (κ3) is 6.97. The highest BCUT2D eigenvalue weighted by molar-refractivity contribution is 6.31. The fraction of sp³-hybridized carbons (Fsp3) is 0.179. The molecule has 0 saturated heterocycles. The van der Waals surface area contributed by atoms with E-state index in [9.17, 15) is 4.79 Å². The summed E-state index contributed by atoms with van der Waals surface area (Å²) in [6.45, 7) is 5.40. The van der Waals surface area contributed by atoms with Gasteiger partial charge in [0.15, 0.2) is 0 Å². The maximum atomic E-state index is 11.7. The number of aromatic nitrogens is 2. The summed E-state index contributed by atoms with van der Waals surface area (Å²) in [4.78, 5) is 25.5. The largest absolute Gasteiger partial charge is 0.373 e. The van der Waals surface area contributed by atoms with Crippen LogP contribution in [0.2, 0.25) is 5.02 Å². The average Bonchev–Trinajstić information content (AvgIpc) is 2.88. The Kier molecular flexibility index (Phi) is 8.22. The van der Waals surface area contributed by atoms with Crippen LogP contribution in [0, 0.1) is 0 Å². The van der Waals surface area contributed by atoms with Crippen molar-refractivity contribution in [3.05, 3.63) is 84.4 Å².